The van der Waals surface area contributed by atoms with Gasteiger partial charge in [-0.25, -0.2) is 0 Å². The maximum atomic E-state index is 12.5. The van der Waals surface area contributed by atoms with Gasteiger partial charge in [-0.05, 0) is 83.5 Å². The van der Waals surface area contributed by atoms with Crippen molar-refractivity contribution in [2.75, 3.05) is 13.2 Å². The van der Waals surface area contributed by atoms with E-state index in [9.17, 15) is 19.8 Å². The van der Waals surface area contributed by atoms with Crippen molar-refractivity contribution in [2.45, 2.75) is 360 Å². The van der Waals surface area contributed by atoms with Crippen LogP contribution in [0.15, 0.2) is 36.5 Å². The lowest BCUT2D eigenvalue weighted by molar-refractivity contribution is -0.143. The zero-order valence-corrected chi connectivity index (χ0v) is 48.4. The predicted octanol–water partition coefficient (Wildman–Crippen LogP) is 20.4. The molecule has 0 bridgehead atoms. The molecule has 0 radical (unpaired) electrons. The van der Waals surface area contributed by atoms with E-state index in [0.717, 1.165) is 51.4 Å². The van der Waals surface area contributed by atoms with Gasteiger partial charge in [0.1, 0.15) is 0 Å². The van der Waals surface area contributed by atoms with Crippen LogP contribution < -0.4 is 5.32 Å². The highest BCUT2D eigenvalue weighted by Gasteiger charge is 2.18. The van der Waals surface area contributed by atoms with Crippen LogP contribution >= 0.6 is 0 Å². The summed E-state index contributed by atoms with van der Waals surface area (Å²) in [4.78, 5) is 24.6. The van der Waals surface area contributed by atoms with E-state index in [-0.39, 0.29) is 18.5 Å². The first-order chi connectivity index (χ1) is 35.5. The molecule has 0 aromatic rings. The third kappa shape index (κ3) is 57.4. The van der Waals surface area contributed by atoms with Crippen LogP contribution in [0.4, 0.5) is 0 Å². The van der Waals surface area contributed by atoms with Crippen molar-refractivity contribution in [3.63, 3.8) is 0 Å². The van der Waals surface area contributed by atoms with Crippen molar-refractivity contribution in [3.8, 4) is 0 Å². The Hall–Kier alpha value is -1.92. The first kappa shape index (κ1) is 70.1. The van der Waals surface area contributed by atoms with Gasteiger partial charge in [0.2, 0.25) is 5.91 Å². The third-order valence-corrected chi connectivity index (χ3v) is 14.9. The highest BCUT2D eigenvalue weighted by Crippen LogP contribution is 2.17. The molecule has 0 aromatic carbocycles. The molecule has 0 aliphatic rings. The Morgan fingerprint density at radius 3 is 0.986 bits per heavy atom. The van der Waals surface area contributed by atoms with Gasteiger partial charge in [0.05, 0.1) is 25.4 Å². The van der Waals surface area contributed by atoms with Gasteiger partial charge in [-0.2, -0.15) is 0 Å². The summed E-state index contributed by atoms with van der Waals surface area (Å²) >= 11 is 0. The summed E-state index contributed by atoms with van der Waals surface area (Å²) in [7, 11) is 0. The first-order valence-electron chi connectivity index (χ1n) is 32.3. The summed E-state index contributed by atoms with van der Waals surface area (Å²) in [5, 5.41) is 23.1. The second-order valence-electron chi connectivity index (χ2n) is 22.1. The minimum Gasteiger partial charge on any atom is -0.466 e. The first-order valence-corrected chi connectivity index (χ1v) is 32.3. The number of carbonyl (C=O) groups excluding carboxylic acids is 2. The van der Waals surface area contributed by atoms with E-state index in [2.05, 4.69) is 43.5 Å². The zero-order valence-electron chi connectivity index (χ0n) is 48.4. The lowest BCUT2D eigenvalue weighted by Crippen LogP contribution is -2.45. The highest BCUT2D eigenvalue weighted by molar-refractivity contribution is 5.76. The summed E-state index contributed by atoms with van der Waals surface area (Å²) in [6.45, 7) is 4.91. The second-order valence-corrected chi connectivity index (χ2v) is 22.1. The van der Waals surface area contributed by atoms with Gasteiger partial charge < -0.3 is 20.3 Å². The molecule has 3 N–H and O–H groups in total. The molecule has 0 saturated carbocycles. The molecule has 2 unspecified atom stereocenters. The lowest BCUT2D eigenvalue weighted by atomic mass is 10.0. The molecule has 0 aliphatic heterocycles. The Morgan fingerprint density at radius 2 is 0.653 bits per heavy atom. The number of unbranched alkanes of at least 4 members (excludes halogenated alkanes) is 45. The van der Waals surface area contributed by atoms with E-state index >= 15 is 0 Å². The van der Waals surface area contributed by atoms with Crippen molar-refractivity contribution >= 4 is 11.9 Å². The van der Waals surface area contributed by atoms with E-state index in [1.54, 1.807) is 6.08 Å². The second kappa shape index (κ2) is 61.6. The monoisotopic (exact) mass is 1010 g/mol. The molecule has 1 amide bonds. The number of aliphatic hydroxyl groups excluding tert-OH is 2. The number of esters is 1. The van der Waals surface area contributed by atoms with Crippen LogP contribution in [-0.2, 0) is 14.3 Å². The maximum absolute atomic E-state index is 12.5. The number of nitrogens with one attached hydrogen (secondary N) is 1. The summed E-state index contributed by atoms with van der Waals surface area (Å²) in [6.07, 6.45) is 77.6. The zero-order chi connectivity index (χ0) is 52.2. The Bertz CT molecular complexity index is 1170. The average Bonchev–Trinajstić information content (AvgIpc) is 3.38. The molecule has 6 heteroatoms. The number of allylic oxidation sites excluding steroid dienone is 5. The predicted molar refractivity (Wildman–Crippen MR) is 315 cm³/mol. The minimum atomic E-state index is -0.849. The average molecular weight is 1010 g/mol. The number of hydrogen-bond acceptors (Lipinski definition) is 5. The van der Waals surface area contributed by atoms with E-state index in [4.69, 9.17) is 4.74 Å². The van der Waals surface area contributed by atoms with Gasteiger partial charge in [-0.3, -0.25) is 9.59 Å². The Labute approximate surface area is 449 Å². The number of hydrogen-bond donors (Lipinski definition) is 3. The summed E-state index contributed by atoms with van der Waals surface area (Å²) in [6, 6.07) is -0.633. The molecule has 6 nitrogen and oxygen atoms in total. The standard InChI is InChI=1S/C66H125NO5/c1-3-5-7-9-11-13-15-17-19-20-28-32-36-40-44-48-52-56-60-66(71)72-61-57-53-49-45-41-37-33-29-26-24-22-21-23-25-27-31-35-39-43-47-51-55-59-65(70)67-63(62-68)64(69)58-54-50-46-42-38-34-30-18-16-14-12-10-8-6-4-2/h19-20,23,25,54,58,63-64,68-69H,3-18,21-22,24,26-53,55-57,59-62H2,1-2H3,(H,67,70)/b20-19-,25-23-,58-54+. The molecule has 72 heavy (non-hydrogen) atoms. The molecule has 0 fully saturated rings. The summed E-state index contributed by atoms with van der Waals surface area (Å²) < 4.78 is 5.50. The van der Waals surface area contributed by atoms with Gasteiger partial charge in [-0.15, -0.1) is 0 Å². The summed E-state index contributed by atoms with van der Waals surface area (Å²) in [5.74, 6) is -0.0672. The maximum Gasteiger partial charge on any atom is 0.305 e. The van der Waals surface area contributed by atoms with Gasteiger partial charge in [0, 0.05) is 12.8 Å². The van der Waals surface area contributed by atoms with Crippen molar-refractivity contribution < 1.29 is 24.5 Å². The Balaban J connectivity index is 3.42. The normalized spacial score (nSPS) is 12.8. The summed E-state index contributed by atoms with van der Waals surface area (Å²) in [5.41, 5.74) is 0. The van der Waals surface area contributed by atoms with Crippen molar-refractivity contribution in [1.29, 1.82) is 0 Å². The topological polar surface area (TPSA) is 95.9 Å². The van der Waals surface area contributed by atoms with Gasteiger partial charge in [-0.1, -0.05) is 288 Å². The SMILES string of the molecule is CCCCCCCCC/C=C\CCCCCCCCCC(=O)OCCCCCCCCCCCCC/C=C\CCCCCCCCCC(=O)NC(CO)C(O)/C=C/CCCCCCCCCCCCCCC. The van der Waals surface area contributed by atoms with E-state index in [1.165, 1.54) is 270 Å². The molecular formula is C66H125NO5. The highest BCUT2D eigenvalue weighted by atomic mass is 16.5. The number of ether oxygens (including phenoxy) is 1. The molecule has 0 heterocycles. The van der Waals surface area contributed by atoms with E-state index in [1.807, 2.05) is 6.08 Å². The molecule has 0 rings (SSSR count). The largest absolute Gasteiger partial charge is 0.466 e. The lowest BCUT2D eigenvalue weighted by Gasteiger charge is -2.20. The molecule has 0 aliphatic carbocycles. The van der Waals surface area contributed by atoms with Gasteiger partial charge in [0.15, 0.2) is 0 Å². The Kier molecular flexibility index (Phi) is 60.0. The minimum absolute atomic E-state index is 0.00664. The fourth-order valence-electron chi connectivity index (χ4n) is 9.92. The van der Waals surface area contributed by atoms with Gasteiger partial charge >= 0.3 is 5.97 Å². The van der Waals surface area contributed by atoms with Crippen LogP contribution in [0.25, 0.3) is 0 Å². The van der Waals surface area contributed by atoms with E-state index < -0.39 is 12.1 Å². The van der Waals surface area contributed by atoms with Crippen LogP contribution in [0, 0.1) is 0 Å². The molecule has 424 valence electrons. The van der Waals surface area contributed by atoms with Crippen molar-refractivity contribution in [1.82, 2.24) is 5.32 Å². The fourth-order valence-corrected chi connectivity index (χ4v) is 9.92. The number of amides is 1. The van der Waals surface area contributed by atoms with Crippen LogP contribution in [0.3, 0.4) is 0 Å². The third-order valence-electron chi connectivity index (χ3n) is 14.9. The Morgan fingerprint density at radius 1 is 0.375 bits per heavy atom. The van der Waals surface area contributed by atoms with Crippen LogP contribution in [0.2, 0.25) is 0 Å². The number of rotatable bonds is 60. The molecule has 2 atom stereocenters. The van der Waals surface area contributed by atoms with Crippen molar-refractivity contribution in [3.05, 3.63) is 36.5 Å². The van der Waals surface area contributed by atoms with E-state index in [0.29, 0.717) is 19.4 Å². The number of aliphatic hydroxyl groups is 2. The molecular weight excluding hydrogens is 887 g/mol. The molecule has 0 saturated heterocycles. The number of carbonyl (C=O) groups is 2. The van der Waals surface area contributed by atoms with Crippen molar-refractivity contribution in [2.24, 2.45) is 0 Å². The molecule has 0 spiro atoms. The van der Waals surface area contributed by atoms with Crippen LogP contribution in [0.5, 0.6) is 0 Å². The fraction of sp³-hybridized carbons (Fsp3) is 0.879. The molecule has 0 aromatic heterocycles. The van der Waals surface area contributed by atoms with Crippen LogP contribution in [0.1, 0.15) is 348 Å². The van der Waals surface area contributed by atoms with Crippen LogP contribution in [-0.4, -0.2) is 47.4 Å². The smallest absolute Gasteiger partial charge is 0.305 e. The quantitative estimate of drug-likeness (QED) is 0.0320. The van der Waals surface area contributed by atoms with Gasteiger partial charge in [0.25, 0.3) is 0 Å².